The van der Waals surface area contributed by atoms with Gasteiger partial charge in [-0.15, -0.1) is 0 Å². The summed E-state index contributed by atoms with van der Waals surface area (Å²) in [5.41, 5.74) is 7.36. The van der Waals surface area contributed by atoms with Gasteiger partial charge >= 0.3 is 0 Å². The highest BCUT2D eigenvalue weighted by Crippen LogP contribution is 2.45. The number of nitrogens with two attached hydrogens (primary N) is 1. The molecule has 148 valence electrons. The lowest BCUT2D eigenvalue weighted by atomic mass is 9.99. The second-order valence-corrected chi connectivity index (χ2v) is 7.40. The molecule has 0 aliphatic heterocycles. The third-order valence-corrected chi connectivity index (χ3v) is 5.59. The van der Waals surface area contributed by atoms with Crippen LogP contribution >= 0.6 is 0 Å². The maximum absolute atomic E-state index is 12.6. The lowest BCUT2D eigenvalue weighted by Gasteiger charge is -2.25. The Hall–Kier alpha value is -2.33. The quantitative estimate of drug-likeness (QED) is 0.578. The molecule has 2 aromatic rings. The Morgan fingerprint density at radius 1 is 1.04 bits per heavy atom. The van der Waals surface area contributed by atoms with E-state index in [4.69, 9.17) is 19.9 Å². The van der Waals surface area contributed by atoms with E-state index in [0.29, 0.717) is 22.6 Å². The van der Waals surface area contributed by atoms with Crippen molar-refractivity contribution in [2.75, 3.05) is 21.3 Å². The van der Waals surface area contributed by atoms with Crippen LogP contribution < -0.4 is 24.7 Å². The van der Waals surface area contributed by atoms with E-state index in [9.17, 15) is 13.5 Å². The smallest absolute Gasteiger partial charge is 0.242 e. The van der Waals surface area contributed by atoms with E-state index in [1.807, 2.05) is 0 Å². The van der Waals surface area contributed by atoms with Gasteiger partial charge in [0.2, 0.25) is 10.0 Å². The minimum Gasteiger partial charge on any atom is -0.496 e. The molecule has 8 nitrogen and oxygen atoms in total. The topological polar surface area (TPSA) is 120 Å². The van der Waals surface area contributed by atoms with Crippen molar-refractivity contribution in [2.45, 2.75) is 24.6 Å². The summed E-state index contributed by atoms with van der Waals surface area (Å²) in [6, 6.07) is 7.86. The van der Waals surface area contributed by atoms with Crippen molar-refractivity contribution < 1.29 is 27.7 Å². The number of benzene rings is 2. The van der Waals surface area contributed by atoms with Gasteiger partial charge in [0.15, 0.2) is 0 Å². The van der Waals surface area contributed by atoms with Gasteiger partial charge in [0, 0.05) is 5.56 Å². The van der Waals surface area contributed by atoms with Crippen LogP contribution in [0.4, 0.5) is 0 Å². The van der Waals surface area contributed by atoms with Gasteiger partial charge in [-0.2, -0.15) is 4.72 Å². The summed E-state index contributed by atoms with van der Waals surface area (Å²) >= 11 is 0. The Morgan fingerprint density at radius 2 is 1.59 bits per heavy atom. The lowest BCUT2D eigenvalue weighted by Crippen LogP contribution is -2.35. The first kappa shape index (κ1) is 21.0. The molecule has 1 atom stereocenters. The lowest BCUT2D eigenvalue weighted by molar-refractivity contribution is 0.262. The van der Waals surface area contributed by atoms with Gasteiger partial charge in [-0.1, -0.05) is 18.2 Å². The molecule has 0 amide bonds. The zero-order valence-corrected chi connectivity index (χ0v) is 16.5. The molecule has 0 heterocycles. The number of sulfonamides is 1. The summed E-state index contributed by atoms with van der Waals surface area (Å²) in [5.74, 6) is 0.886. The molecule has 0 aromatic heterocycles. The van der Waals surface area contributed by atoms with Gasteiger partial charge in [-0.05, 0) is 19.1 Å². The SMILES string of the molecule is COc1c(C)c(OC)c(C(N)NS(=O)(=O)c2ccccc2)c(OC)c1CO. The average Bonchev–Trinajstić information content (AvgIpc) is 2.66. The second kappa shape index (κ2) is 8.57. The fourth-order valence-electron chi connectivity index (χ4n) is 2.99. The van der Waals surface area contributed by atoms with Crippen LogP contribution in [0.1, 0.15) is 22.9 Å². The molecular formula is C18H24N2O6S. The first-order valence-corrected chi connectivity index (χ1v) is 9.55. The van der Waals surface area contributed by atoms with E-state index in [-0.39, 0.29) is 22.8 Å². The fraction of sp³-hybridized carbons (Fsp3) is 0.333. The molecule has 0 spiro atoms. The van der Waals surface area contributed by atoms with Gasteiger partial charge in [-0.25, -0.2) is 8.42 Å². The monoisotopic (exact) mass is 396 g/mol. The van der Waals surface area contributed by atoms with Crippen molar-refractivity contribution in [1.82, 2.24) is 4.72 Å². The van der Waals surface area contributed by atoms with Crippen molar-refractivity contribution in [3.8, 4) is 17.2 Å². The highest BCUT2D eigenvalue weighted by atomic mass is 32.2. The molecule has 4 N–H and O–H groups in total. The third kappa shape index (κ3) is 4.01. The zero-order valence-electron chi connectivity index (χ0n) is 15.6. The largest absolute Gasteiger partial charge is 0.496 e. The Balaban J connectivity index is 2.61. The zero-order chi connectivity index (χ0) is 20.2. The average molecular weight is 396 g/mol. The van der Waals surface area contributed by atoms with Crippen LogP contribution in [0.3, 0.4) is 0 Å². The van der Waals surface area contributed by atoms with E-state index in [1.165, 1.54) is 33.5 Å². The standard InChI is InChI=1S/C18H24N2O6S/c1-11-15(24-2)13(10-21)17(26-4)14(16(11)25-3)18(19)20-27(22,23)12-8-6-5-7-9-12/h5-9,18,20-21H,10,19H2,1-4H3. The molecule has 27 heavy (non-hydrogen) atoms. The van der Waals surface area contributed by atoms with Crippen LogP contribution in [0.5, 0.6) is 17.2 Å². The van der Waals surface area contributed by atoms with E-state index in [0.717, 1.165) is 0 Å². The number of methoxy groups -OCH3 is 3. The van der Waals surface area contributed by atoms with Crippen LogP contribution in [-0.4, -0.2) is 34.9 Å². The van der Waals surface area contributed by atoms with Crippen molar-refractivity contribution >= 4 is 10.0 Å². The Morgan fingerprint density at radius 3 is 2.07 bits per heavy atom. The molecule has 0 aliphatic carbocycles. The second-order valence-electron chi connectivity index (χ2n) is 5.69. The van der Waals surface area contributed by atoms with Crippen LogP contribution in [0, 0.1) is 6.92 Å². The van der Waals surface area contributed by atoms with Crippen molar-refractivity contribution in [3.05, 3.63) is 47.0 Å². The van der Waals surface area contributed by atoms with E-state index >= 15 is 0 Å². The number of hydrogen-bond acceptors (Lipinski definition) is 7. The summed E-state index contributed by atoms with van der Waals surface area (Å²) in [7, 11) is 0.397. The Labute approximate surface area is 158 Å². The molecule has 0 bridgehead atoms. The van der Waals surface area contributed by atoms with E-state index in [1.54, 1.807) is 25.1 Å². The van der Waals surface area contributed by atoms with Gasteiger partial charge in [0.1, 0.15) is 23.4 Å². The fourth-order valence-corrected chi connectivity index (χ4v) is 4.10. The maximum Gasteiger partial charge on any atom is 0.242 e. The highest BCUT2D eigenvalue weighted by molar-refractivity contribution is 7.89. The normalized spacial score (nSPS) is 12.5. The van der Waals surface area contributed by atoms with Gasteiger partial charge < -0.3 is 25.1 Å². The molecule has 0 fully saturated rings. The summed E-state index contributed by atoms with van der Waals surface area (Å²) in [4.78, 5) is 0.0750. The first-order chi connectivity index (χ1) is 12.8. The molecule has 0 saturated carbocycles. The molecular weight excluding hydrogens is 372 g/mol. The molecule has 0 aliphatic rings. The van der Waals surface area contributed by atoms with Crippen LogP contribution in [-0.2, 0) is 16.6 Å². The van der Waals surface area contributed by atoms with Gasteiger partial charge in [0.25, 0.3) is 0 Å². The van der Waals surface area contributed by atoms with Crippen molar-refractivity contribution in [3.63, 3.8) is 0 Å². The molecule has 2 aromatic carbocycles. The number of nitrogens with one attached hydrogen (secondary N) is 1. The molecule has 2 rings (SSSR count). The van der Waals surface area contributed by atoms with Gasteiger partial charge in [-0.3, -0.25) is 0 Å². The highest BCUT2D eigenvalue weighted by Gasteiger charge is 2.30. The summed E-state index contributed by atoms with van der Waals surface area (Å²) in [6.45, 7) is 1.33. The van der Waals surface area contributed by atoms with Gasteiger partial charge in [0.05, 0.1) is 44.0 Å². The Kier molecular flexibility index (Phi) is 6.66. The summed E-state index contributed by atoms with van der Waals surface area (Å²) in [6.07, 6.45) is -1.19. The maximum atomic E-state index is 12.6. The van der Waals surface area contributed by atoms with Crippen molar-refractivity contribution in [2.24, 2.45) is 5.73 Å². The van der Waals surface area contributed by atoms with Crippen LogP contribution in [0.15, 0.2) is 35.2 Å². The molecule has 0 saturated heterocycles. The predicted molar refractivity (Wildman–Crippen MR) is 100 cm³/mol. The minimum absolute atomic E-state index is 0.0750. The number of hydrogen-bond donors (Lipinski definition) is 3. The summed E-state index contributed by atoms with van der Waals surface area (Å²) < 4.78 is 43.9. The number of aliphatic hydroxyl groups excluding tert-OH is 1. The predicted octanol–water partition coefficient (Wildman–Crippen LogP) is 1.45. The Bertz CT molecular complexity index is 900. The molecule has 0 radical (unpaired) electrons. The van der Waals surface area contributed by atoms with Crippen LogP contribution in [0.2, 0.25) is 0 Å². The van der Waals surface area contributed by atoms with Crippen LogP contribution in [0.25, 0.3) is 0 Å². The molecule has 9 heteroatoms. The van der Waals surface area contributed by atoms with Crippen molar-refractivity contribution in [1.29, 1.82) is 0 Å². The number of ether oxygens (including phenoxy) is 3. The minimum atomic E-state index is -3.89. The number of rotatable bonds is 8. The summed E-state index contributed by atoms with van der Waals surface area (Å²) in [5, 5.41) is 9.79. The number of aliphatic hydroxyl groups is 1. The first-order valence-electron chi connectivity index (χ1n) is 8.07. The third-order valence-electron chi connectivity index (χ3n) is 4.14. The molecule has 1 unspecified atom stereocenters. The van der Waals surface area contributed by atoms with E-state index < -0.39 is 16.2 Å². The van der Waals surface area contributed by atoms with E-state index in [2.05, 4.69) is 4.72 Å².